The van der Waals surface area contributed by atoms with Crippen LogP contribution in [0.25, 0.3) is 0 Å². The molecule has 0 fully saturated rings. The van der Waals surface area contributed by atoms with Crippen molar-refractivity contribution >= 4 is 23.2 Å². The number of nitrogens with two attached hydrogens (primary N) is 1. The third-order valence-corrected chi connectivity index (χ3v) is 3.13. The smallest absolute Gasteiger partial charge is 0.265 e. The van der Waals surface area contributed by atoms with E-state index in [0.717, 1.165) is 0 Å². The van der Waals surface area contributed by atoms with Crippen molar-refractivity contribution < 1.29 is 14.3 Å². The second-order valence-electron chi connectivity index (χ2n) is 5.05. The van der Waals surface area contributed by atoms with Gasteiger partial charge in [-0.1, -0.05) is 6.92 Å². The maximum absolute atomic E-state index is 11.8. The number of fused-ring (bicyclic) bond motifs is 1. The number of ether oxygens (including phenoxy) is 1. The minimum absolute atomic E-state index is 0.0978. The third kappa shape index (κ3) is 3.27. The van der Waals surface area contributed by atoms with Gasteiger partial charge < -0.3 is 21.1 Å². The molecule has 2 amide bonds. The van der Waals surface area contributed by atoms with E-state index in [1.54, 1.807) is 25.1 Å². The summed E-state index contributed by atoms with van der Waals surface area (Å²) in [5.41, 5.74) is 6.68. The van der Waals surface area contributed by atoms with Gasteiger partial charge in [-0.3, -0.25) is 9.59 Å². The molecule has 1 aromatic rings. The molecule has 1 aliphatic heterocycles. The van der Waals surface area contributed by atoms with Gasteiger partial charge in [0.15, 0.2) is 6.10 Å². The van der Waals surface area contributed by atoms with Crippen molar-refractivity contribution in [2.45, 2.75) is 26.4 Å². The van der Waals surface area contributed by atoms with E-state index in [1.807, 2.05) is 6.92 Å². The Morgan fingerprint density at radius 3 is 3.00 bits per heavy atom. The highest BCUT2D eigenvalue weighted by atomic mass is 16.5. The van der Waals surface area contributed by atoms with Crippen molar-refractivity contribution in [3.05, 3.63) is 18.2 Å². The van der Waals surface area contributed by atoms with Crippen molar-refractivity contribution in [2.24, 2.45) is 11.7 Å². The largest absolute Gasteiger partial charge is 0.479 e. The first-order chi connectivity index (χ1) is 9.49. The highest BCUT2D eigenvalue weighted by Crippen LogP contribution is 2.32. The SMILES string of the molecule is CC(CN)CC(=O)Nc1ccc2c(c1)NC(=O)C(C)O2. The van der Waals surface area contributed by atoms with Crippen LogP contribution in [0.4, 0.5) is 11.4 Å². The summed E-state index contributed by atoms with van der Waals surface area (Å²) in [4.78, 5) is 23.3. The molecule has 1 heterocycles. The Kier molecular flexibility index (Phi) is 4.24. The first-order valence-corrected chi connectivity index (χ1v) is 6.61. The van der Waals surface area contributed by atoms with Gasteiger partial charge in [-0.25, -0.2) is 0 Å². The third-order valence-electron chi connectivity index (χ3n) is 3.13. The van der Waals surface area contributed by atoms with Crippen LogP contribution < -0.4 is 21.1 Å². The molecule has 0 aromatic heterocycles. The zero-order valence-corrected chi connectivity index (χ0v) is 11.6. The topological polar surface area (TPSA) is 93.5 Å². The summed E-state index contributed by atoms with van der Waals surface area (Å²) in [6.07, 6.45) is -0.138. The van der Waals surface area contributed by atoms with Crippen molar-refractivity contribution in [1.82, 2.24) is 0 Å². The van der Waals surface area contributed by atoms with E-state index in [4.69, 9.17) is 10.5 Å². The molecule has 2 atom stereocenters. The Morgan fingerprint density at radius 2 is 2.30 bits per heavy atom. The summed E-state index contributed by atoms with van der Waals surface area (Å²) < 4.78 is 5.44. The number of anilines is 2. The monoisotopic (exact) mass is 277 g/mol. The first-order valence-electron chi connectivity index (χ1n) is 6.61. The van der Waals surface area contributed by atoms with Crippen LogP contribution in [0, 0.1) is 5.92 Å². The predicted molar refractivity (Wildman–Crippen MR) is 76.6 cm³/mol. The quantitative estimate of drug-likeness (QED) is 0.774. The average molecular weight is 277 g/mol. The van der Waals surface area contributed by atoms with Crippen molar-refractivity contribution in [3.63, 3.8) is 0 Å². The first kappa shape index (κ1) is 14.3. The molecular weight excluding hydrogens is 258 g/mol. The van der Waals surface area contributed by atoms with Gasteiger partial charge in [0.05, 0.1) is 5.69 Å². The molecule has 1 aromatic carbocycles. The number of hydrogen-bond donors (Lipinski definition) is 3. The van der Waals surface area contributed by atoms with Gasteiger partial charge in [0.2, 0.25) is 5.91 Å². The molecular formula is C14H19N3O3. The zero-order chi connectivity index (χ0) is 14.7. The number of carbonyl (C=O) groups excluding carboxylic acids is 2. The van der Waals surface area contributed by atoms with Gasteiger partial charge >= 0.3 is 0 Å². The van der Waals surface area contributed by atoms with Crippen LogP contribution in [0.2, 0.25) is 0 Å². The molecule has 6 heteroatoms. The van der Waals surface area contributed by atoms with Crippen LogP contribution in [0.5, 0.6) is 5.75 Å². The fourth-order valence-corrected chi connectivity index (χ4v) is 1.90. The van der Waals surface area contributed by atoms with E-state index in [-0.39, 0.29) is 17.7 Å². The molecule has 0 aliphatic carbocycles. The summed E-state index contributed by atoms with van der Waals surface area (Å²) in [5.74, 6) is 0.444. The van der Waals surface area contributed by atoms with Gasteiger partial charge in [0.25, 0.3) is 5.91 Å². The summed E-state index contributed by atoms with van der Waals surface area (Å²) in [5, 5.41) is 5.52. The predicted octanol–water partition coefficient (Wildman–Crippen LogP) is 1.33. The minimum atomic E-state index is -0.506. The molecule has 6 nitrogen and oxygen atoms in total. The Bertz CT molecular complexity index is 530. The fraction of sp³-hybridized carbons (Fsp3) is 0.429. The Hall–Kier alpha value is -2.08. The minimum Gasteiger partial charge on any atom is -0.479 e. The normalized spacial score (nSPS) is 18.6. The summed E-state index contributed by atoms with van der Waals surface area (Å²) >= 11 is 0. The van der Waals surface area contributed by atoms with E-state index in [1.165, 1.54) is 0 Å². The van der Waals surface area contributed by atoms with E-state index >= 15 is 0 Å². The lowest BCUT2D eigenvalue weighted by atomic mass is 10.1. The van der Waals surface area contributed by atoms with Crippen LogP contribution in [0.15, 0.2) is 18.2 Å². The van der Waals surface area contributed by atoms with Crippen LogP contribution in [0.3, 0.4) is 0 Å². The summed E-state index contributed by atoms with van der Waals surface area (Å²) in [6, 6.07) is 5.16. The molecule has 108 valence electrons. The molecule has 0 radical (unpaired) electrons. The van der Waals surface area contributed by atoms with Crippen molar-refractivity contribution in [1.29, 1.82) is 0 Å². The van der Waals surface area contributed by atoms with Gasteiger partial charge in [-0.05, 0) is 37.6 Å². The lowest BCUT2D eigenvalue weighted by Crippen LogP contribution is -2.34. The molecule has 0 bridgehead atoms. The van der Waals surface area contributed by atoms with Crippen LogP contribution in [0.1, 0.15) is 20.3 Å². The highest BCUT2D eigenvalue weighted by Gasteiger charge is 2.23. The standard InChI is InChI=1S/C14H19N3O3/c1-8(7-15)5-13(18)16-10-3-4-12-11(6-10)17-14(19)9(2)20-12/h3-4,6,8-9H,5,7,15H2,1-2H3,(H,16,18)(H,17,19). The molecule has 4 N–H and O–H groups in total. The molecule has 2 rings (SSSR count). The van der Waals surface area contributed by atoms with Crippen LogP contribution >= 0.6 is 0 Å². The lowest BCUT2D eigenvalue weighted by molar-refractivity contribution is -0.122. The van der Waals surface area contributed by atoms with Gasteiger partial charge in [-0.2, -0.15) is 0 Å². The number of nitrogens with one attached hydrogen (secondary N) is 2. The zero-order valence-electron chi connectivity index (χ0n) is 11.6. The van der Waals surface area contributed by atoms with E-state index in [9.17, 15) is 9.59 Å². The second-order valence-corrected chi connectivity index (χ2v) is 5.05. The highest BCUT2D eigenvalue weighted by molar-refractivity contribution is 5.99. The summed E-state index contributed by atoms with van der Waals surface area (Å²) in [6.45, 7) is 4.07. The van der Waals surface area contributed by atoms with E-state index < -0.39 is 6.10 Å². The van der Waals surface area contributed by atoms with Crippen molar-refractivity contribution in [3.8, 4) is 5.75 Å². The van der Waals surface area contributed by atoms with Crippen molar-refractivity contribution in [2.75, 3.05) is 17.2 Å². The van der Waals surface area contributed by atoms with Gasteiger partial charge in [0, 0.05) is 12.1 Å². The molecule has 1 aliphatic rings. The number of rotatable bonds is 4. The van der Waals surface area contributed by atoms with Crippen LogP contribution in [-0.2, 0) is 9.59 Å². The fourth-order valence-electron chi connectivity index (χ4n) is 1.90. The molecule has 0 saturated carbocycles. The Balaban J connectivity index is 2.06. The molecule has 0 saturated heterocycles. The number of carbonyl (C=O) groups is 2. The molecule has 20 heavy (non-hydrogen) atoms. The van der Waals surface area contributed by atoms with Gasteiger partial charge in [0.1, 0.15) is 5.75 Å². The summed E-state index contributed by atoms with van der Waals surface area (Å²) in [7, 11) is 0. The maximum atomic E-state index is 11.8. The Labute approximate surface area is 117 Å². The molecule has 0 spiro atoms. The van der Waals surface area contributed by atoms with E-state index in [0.29, 0.717) is 30.1 Å². The Morgan fingerprint density at radius 1 is 1.55 bits per heavy atom. The second kappa shape index (κ2) is 5.92. The lowest BCUT2D eigenvalue weighted by Gasteiger charge is -2.23. The molecule has 2 unspecified atom stereocenters. The van der Waals surface area contributed by atoms with Gasteiger partial charge in [-0.15, -0.1) is 0 Å². The number of amides is 2. The maximum Gasteiger partial charge on any atom is 0.265 e. The number of benzene rings is 1. The van der Waals surface area contributed by atoms with Crippen LogP contribution in [-0.4, -0.2) is 24.5 Å². The van der Waals surface area contributed by atoms with E-state index in [2.05, 4.69) is 10.6 Å². The number of hydrogen-bond acceptors (Lipinski definition) is 4. The average Bonchev–Trinajstić information content (AvgIpc) is 2.40.